The van der Waals surface area contributed by atoms with Crippen LogP contribution in [0.1, 0.15) is 41.6 Å². The molecule has 5 rings (SSSR count). The maximum Gasteiger partial charge on any atom is 0.268 e. The molecular formula is C24H21N7O2S. The lowest BCUT2D eigenvalue weighted by Gasteiger charge is -2.19. The Balaban J connectivity index is 1.61. The Labute approximate surface area is 198 Å². The fraction of sp³-hybridized carbons (Fsp3) is 0.167. The summed E-state index contributed by atoms with van der Waals surface area (Å²) in [4.78, 5) is 32.2. The molecule has 0 spiro atoms. The molecule has 4 aromatic rings. The van der Waals surface area contributed by atoms with E-state index in [0.29, 0.717) is 39.7 Å². The number of hydrogen-bond donors (Lipinski definition) is 3. The molecule has 0 radical (unpaired) electrons. The molecule has 4 N–H and O–H groups in total. The predicted octanol–water partition coefficient (Wildman–Crippen LogP) is 2.98. The van der Waals surface area contributed by atoms with Crippen LogP contribution in [0.3, 0.4) is 0 Å². The number of carbonyl (C=O) groups excluding carboxylic acids is 1. The van der Waals surface area contributed by atoms with Crippen LogP contribution in [0.15, 0.2) is 46.6 Å². The molecule has 1 aromatic carbocycles. The molecule has 10 heteroatoms. The van der Waals surface area contributed by atoms with Crippen molar-refractivity contribution in [1.29, 1.82) is 0 Å². The van der Waals surface area contributed by atoms with E-state index in [0.717, 1.165) is 0 Å². The highest BCUT2D eigenvalue weighted by atomic mass is 32.1. The Kier molecular flexibility index (Phi) is 5.39. The Morgan fingerprint density at radius 1 is 1.32 bits per heavy atom. The molecule has 34 heavy (non-hydrogen) atoms. The van der Waals surface area contributed by atoms with Crippen molar-refractivity contribution in [1.82, 2.24) is 24.6 Å². The van der Waals surface area contributed by atoms with Gasteiger partial charge in [0.2, 0.25) is 0 Å². The maximum absolute atomic E-state index is 13.7. The average molecular weight is 472 g/mol. The summed E-state index contributed by atoms with van der Waals surface area (Å²) < 4.78 is 3.06. The van der Waals surface area contributed by atoms with E-state index in [4.69, 9.17) is 10.7 Å². The molecule has 0 fully saturated rings. The number of thiophene rings is 1. The van der Waals surface area contributed by atoms with E-state index in [1.54, 1.807) is 20.0 Å². The quantitative estimate of drug-likeness (QED) is 0.394. The number of nitrogen functional groups attached to an aromatic ring is 1. The number of anilines is 2. The van der Waals surface area contributed by atoms with E-state index in [1.807, 2.05) is 41.8 Å². The first-order valence-corrected chi connectivity index (χ1v) is 11.5. The Bertz CT molecular complexity index is 1570. The molecule has 9 nitrogen and oxygen atoms in total. The zero-order valence-electron chi connectivity index (χ0n) is 18.5. The largest absolute Gasteiger partial charge is 0.381 e. The SMILES string of the molecule is CC#Cc1csc2nc(C(C)NC(=O)c3c(N)nn4c3NCC=C4)n(-c3ccccc3)c(=O)c12. The highest BCUT2D eigenvalue weighted by Crippen LogP contribution is 2.27. The molecule has 0 saturated carbocycles. The van der Waals surface area contributed by atoms with Gasteiger partial charge in [-0.1, -0.05) is 24.1 Å². The monoisotopic (exact) mass is 471 g/mol. The number of amides is 1. The lowest BCUT2D eigenvalue weighted by Crippen LogP contribution is -2.33. The van der Waals surface area contributed by atoms with E-state index in [9.17, 15) is 9.59 Å². The summed E-state index contributed by atoms with van der Waals surface area (Å²) in [5.41, 5.74) is 7.35. The number of carbonyl (C=O) groups is 1. The van der Waals surface area contributed by atoms with Crippen molar-refractivity contribution < 1.29 is 4.79 Å². The second-order valence-electron chi connectivity index (χ2n) is 7.66. The molecule has 0 saturated heterocycles. The lowest BCUT2D eigenvalue weighted by atomic mass is 10.2. The smallest absolute Gasteiger partial charge is 0.268 e. The van der Waals surface area contributed by atoms with Crippen LogP contribution in [0.25, 0.3) is 22.1 Å². The van der Waals surface area contributed by atoms with Crippen molar-refractivity contribution in [2.24, 2.45) is 0 Å². The van der Waals surface area contributed by atoms with Gasteiger partial charge in [0.15, 0.2) is 5.82 Å². The number of benzene rings is 1. The van der Waals surface area contributed by atoms with E-state index in [1.165, 1.54) is 20.6 Å². The number of aromatic nitrogens is 4. The molecule has 170 valence electrons. The van der Waals surface area contributed by atoms with Crippen molar-refractivity contribution in [2.45, 2.75) is 19.9 Å². The van der Waals surface area contributed by atoms with E-state index >= 15 is 0 Å². The molecule has 1 atom stereocenters. The van der Waals surface area contributed by atoms with Crippen molar-refractivity contribution in [3.05, 3.63) is 69.1 Å². The topological polar surface area (TPSA) is 120 Å². The van der Waals surface area contributed by atoms with Gasteiger partial charge in [-0.05, 0) is 32.1 Å². The molecule has 4 heterocycles. The molecule has 0 aliphatic carbocycles. The number of hydrogen-bond acceptors (Lipinski definition) is 7. The summed E-state index contributed by atoms with van der Waals surface area (Å²) in [6.07, 6.45) is 3.62. The third kappa shape index (κ3) is 3.52. The second-order valence-corrected chi connectivity index (χ2v) is 8.52. The number of nitrogens with zero attached hydrogens (tertiary/aromatic N) is 4. The summed E-state index contributed by atoms with van der Waals surface area (Å²) in [5, 5.41) is 12.6. The Morgan fingerprint density at radius 3 is 2.88 bits per heavy atom. The second kappa shape index (κ2) is 8.53. The van der Waals surface area contributed by atoms with Crippen molar-refractivity contribution >= 4 is 45.3 Å². The fourth-order valence-electron chi connectivity index (χ4n) is 3.94. The normalized spacial score (nSPS) is 13.0. The van der Waals surface area contributed by atoms with Crippen LogP contribution in [-0.4, -0.2) is 31.8 Å². The van der Waals surface area contributed by atoms with Crippen LogP contribution >= 0.6 is 11.3 Å². The minimum absolute atomic E-state index is 0.114. The van der Waals surface area contributed by atoms with Gasteiger partial charge in [-0.2, -0.15) is 0 Å². The van der Waals surface area contributed by atoms with Gasteiger partial charge in [-0.3, -0.25) is 14.2 Å². The highest BCUT2D eigenvalue weighted by molar-refractivity contribution is 7.17. The minimum atomic E-state index is -0.610. The van der Waals surface area contributed by atoms with E-state index in [-0.39, 0.29) is 16.9 Å². The summed E-state index contributed by atoms with van der Waals surface area (Å²) >= 11 is 1.35. The Morgan fingerprint density at radius 2 is 2.12 bits per heavy atom. The summed E-state index contributed by atoms with van der Waals surface area (Å²) in [7, 11) is 0. The molecule has 1 unspecified atom stereocenters. The maximum atomic E-state index is 13.7. The summed E-state index contributed by atoms with van der Waals surface area (Å²) in [6.45, 7) is 4.07. The van der Waals surface area contributed by atoms with Gasteiger partial charge < -0.3 is 16.4 Å². The van der Waals surface area contributed by atoms with E-state index < -0.39 is 11.9 Å². The first kappa shape index (κ1) is 21.5. The molecule has 1 aliphatic rings. The van der Waals surface area contributed by atoms with Gasteiger partial charge in [0, 0.05) is 18.1 Å². The first-order valence-electron chi connectivity index (χ1n) is 10.6. The molecule has 0 bridgehead atoms. The van der Waals surface area contributed by atoms with Crippen LogP contribution in [0.5, 0.6) is 0 Å². The van der Waals surface area contributed by atoms with Crippen molar-refractivity contribution in [3.63, 3.8) is 0 Å². The third-order valence-electron chi connectivity index (χ3n) is 5.44. The van der Waals surface area contributed by atoms with Crippen molar-refractivity contribution in [2.75, 3.05) is 17.6 Å². The van der Waals surface area contributed by atoms with Crippen molar-refractivity contribution in [3.8, 4) is 17.5 Å². The predicted molar refractivity (Wildman–Crippen MR) is 134 cm³/mol. The van der Waals surface area contributed by atoms with Crippen LogP contribution in [0.2, 0.25) is 0 Å². The molecule has 1 aliphatic heterocycles. The standard InChI is InChI=1S/C24H21N7O2S/c1-3-8-15-13-34-23-17(15)24(33)31(16-9-5-4-6-10-16)20(28-23)14(2)27-22(32)18-19(25)29-30-12-7-11-26-21(18)30/h4-7,9-10,12-14,26H,11H2,1-2H3,(H2,25,29)(H,27,32). The van der Waals surface area contributed by atoms with Crippen LogP contribution in [0.4, 0.5) is 11.6 Å². The zero-order chi connectivity index (χ0) is 23.8. The number of para-hydroxylation sites is 1. The van der Waals surface area contributed by atoms with E-state index in [2.05, 4.69) is 27.6 Å². The average Bonchev–Trinajstić information content (AvgIpc) is 3.39. The van der Waals surface area contributed by atoms with Gasteiger partial charge in [0.25, 0.3) is 11.5 Å². The lowest BCUT2D eigenvalue weighted by molar-refractivity contribution is 0.0939. The fourth-order valence-corrected chi connectivity index (χ4v) is 4.81. The number of rotatable bonds is 4. The summed E-state index contributed by atoms with van der Waals surface area (Å²) in [6, 6.07) is 8.61. The van der Waals surface area contributed by atoms with Gasteiger partial charge in [-0.15, -0.1) is 22.4 Å². The zero-order valence-corrected chi connectivity index (χ0v) is 19.3. The van der Waals surface area contributed by atoms with Gasteiger partial charge in [0.1, 0.15) is 22.0 Å². The number of nitrogens with two attached hydrogens (primary N) is 1. The third-order valence-corrected chi connectivity index (χ3v) is 6.31. The molecular weight excluding hydrogens is 450 g/mol. The number of nitrogens with one attached hydrogen (secondary N) is 2. The van der Waals surface area contributed by atoms with Crippen LogP contribution in [-0.2, 0) is 0 Å². The molecule has 1 amide bonds. The Hall–Kier alpha value is -4.36. The van der Waals surface area contributed by atoms with Crippen LogP contribution in [0, 0.1) is 11.8 Å². The minimum Gasteiger partial charge on any atom is -0.381 e. The van der Waals surface area contributed by atoms with Crippen LogP contribution < -0.4 is 21.9 Å². The summed E-state index contributed by atoms with van der Waals surface area (Å²) in [5.74, 6) is 6.47. The molecule has 3 aromatic heterocycles. The van der Waals surface area contributed by atoms with Gasteiger partial charge in [-0.25, -0.2) is 9.67 Å². The highest BCUT2D eigenvalue weighted by Gasteiger charge is 2.27. The van der Waals surface area contributed by atoms with Gasteiger partial charge in [0.05, 0.1) is 22.7 Å². The number of fused-ring (bicyclic) bond motifs is 2. The first-order chi connectivity index (χ1) is 16.5. The van der Waals surface area contributed by atoms with Gasteiger partial charge >= 0.3 is 0 Å².